The molecule has 0 unspecified atom stereocenters. The number of imidazole rings is 1. The monoisotopic (exact) mass is 396 g/mol. The van der Waals surface area contributed by atoms with Gasteiger partial charge in [-0.1, -0.05) is 12.1 Å². The van der Waals surface area contributed by atoms with Crippen LogP contribution in [0.5, 0.6) is 0 Å². The van der Waals surface area contributed by atoms with Gasteiger partial charge in [0.25, 0.3) is 5.91 Å². The number of benzene rings is 1. The first-order valence-electron chi connectivity index (χ1n) is 8.71. The summed E-state index contributed by atoms with van der Waals surface area (Å²) in [6.45, 7) is 1.24. The fourth-order valence-electron chi connectivity index (χ4n) is 2.72. The Hall–Kier alpha value is -3.33. The van der Waals surface area contributed by atoms with Crippen molar-refractivity contribution in [3.8, 4) is 16.4 Å². The average Bonchev–Trinajstić information content (AvgIpc) is 3.46. The minimum Gasteiger partial charge on any atom is -0.349 e. The minimum atomic E-state index is -0.379. The number of hydrogen-bond acceptors (Lipinski definition) is 5. The fourth-order valence-corrected chi connectivity index (χ4v) is 3.42. The maximum absolute atomic E-state index is 13.7. The van der Waals surface area contributed by atoms with Gasteiger partial charge in [0.2, 0.25) is 5.82 Å². The van der Waals surface area contributed by atoms with E-state index >= 15 is 0 Å². The lowest BCUT2D eigenvalue weighted by atomic mass is 10.3. The average molecular weight is 396 g/mol. The first kappa shape index (κ1) is 18.1. The molecule has 0 aliphatic rings. The van der Waals surface area contributed by atoms with Gasteiger partial charge >= 0.3 is 0 Å². The Morgan fingerprint density at radius 2 is 2.18 bits per heavy atom. The number of nitrogens with zero attached hydrogens (tertiary/aromatic N) is 5. The van der Waals surface area contributed by atoms with E-state index in [1.807, 2.05) is 28.3 Å². The number of aryl methyl sites for hydroxylation is 1. The van der Waals surface area contributed by atoms with E-state index in [4.69, 9.17) is 0 Å². The highest BCUT2D eigenvalue weighted by Gasteiger charge is 2.19. The Labute approximate surface area is 164 Å². The van der Waals surface area contributed by atoms with Crippen LogP contribution in [-0.2, 0) is 6.54 Å². The summed E-state index contributed by atoms with van der Waals surface area (Å²) in [5, 5.41) is 9.07. The van der Waals surface area contributed by atoms with Crippen LogP contribution in [0.25, 0.3) is 16.4 Å². The van der Waals surface area contributed by atoms with E-state index in [0.717, 1.165) is 17.8 Å². The van der Waals surface area contributed by atoms with Crippen LogP contribution in [0.3, 0.4) is 0 Å². The van der Waals surface area contributed by atoms with Crippen molar-refractivity contribution in [3.05, 3.63) is 72.1 Å². The number of rotatable bonds is 7. The zero-order valence-electron chi connectivity index (χ0n) is 14.8. The number of carbonyl (C=O) groups is 1. The summed E-state index contributed by atoms with van der Waals surface area (Å²) in [5.74, 6) is -0.186. The molecule has 0 radical (unpaired) electrons. The van der Waals surface area contributed by atoms with Crippen LogP contribution in [0, 0.1) is 5.82 Å². The number of carbonyl (C=O) groups excluding carboxylic acids is 1. The van der Waals surface area contributed by atoms with Gasteiger partial charge < -0.3 is 9.88 Å². The van der Waals surface area contributed by atoms with Crippen LogP contribution in [0.15, 0.2) is 60.5 Å². The molecule has 3 aromatic heterocycles. The highest BCUT2D eigenvalue weighted by molar-refractivity contribution is 7.13. The molecule has 3 heterocycles. The largest absolute Gasteiger partial charge is 0.349 e. The van der Waals surface area contributed by atoms with Crippen molar-refractivity contribution in [1.82, 2.24) is 29.6 Å². The predicted octanol–water partition coefficient (Wildman–Crippen LogP) is 3.15. The van der Waals surface area contributed by atoms with Crippen molar-refractivity contribution in [2.75, 3.05) is 6.54 Å². The maximum atomic E-state index is 13.7. The minimum absolute atomic E-state index is 0.0512. The van der Waals surface area contributed by atoms with Crippen LogP contribution in [0.2, 0.25) is 0 Å². The standard InChI is InChI=1S/C19H17FN6OS/c20-14-4-1-5-15(12-14)26-18(16-6-2-11-28-16)23-17(24-26)19(27)22-7-3-9-25-10-8-21-13-25/h1-2,4-6,8,10-13H,3,7,9H2,(H,22,27). The van der Waals surface area contributed by atoms with Crippen molar-refractivity contribution in [3.63, 3.8) is 0 Å². The number of nitrogens with one attached hydrogen (secondary N) is 1. The molecule has 1 N–H and O–H groups in total. The molecule has 4 aromatic rings. The van der Waals surface area contributed by atoms with E-state index in [-0.39, 0.29) is 17.5 Å². The summed E-state index contributed by atoms with van der Waals surface area (Å²) >= 11 is 1.48. The van der Waals surface area contributed by atoms with Gasteiger partial charge in [-0.05, 0) is 36.1 Å². The molecular weight excluding hydrogens is 379 g/mol. The molecular formula is C19H17FN6OS. The van der Waals surface area contributed by atoms with Crippen LogP contribution in [0.1, 0.15) is 17.0 Å². The van der Waals surface area contributed by atoms with Crippen molar-refractivity contribution < 1.29 is 9.18 Å². The molecule has 7 nitrogen and oxygen atoms in total. The second-order valence-corrected chi connectivity index (χ2v) is 6.99. The Morgan fingerprint density at radius 1 is 1.25 bits per heavy atom. The number of aromatic nitrogens is 5. The molecule has 0 saturated carbocycles. The Bertz CT molecular complexity index is 1060. The fraction of sp³-hybridized carbons (Fsp3) is 0.158. The highest BCUT2D eigenvalue weighted by Crippen LogP contribution is 2.25. The lowest BCUT2D eigenvalue weighted by molar-refractivity contribution is 0.0942. The van der Waals surface area contributed by atoms with E-state index in [9.17, 15) is 9.18 Å². The third kappa shape index (κ3) is 3.99. The summed E-state index contributed by atoms with van der Waals surface area (Å²) in [7, 11) is 0. The Balaban J connectivity index is 1.52. The van der Waals surface area contributed by atoms with Gasteiger partial charge in [-0.25, -0.2) is 19.0 Å². The lowest BCUT2D eigenvalue weighted by Crippen LogP contribution is -2.26. The van der Waals surface area contributed by atoms with E-state index in [1.54, 1.807) is 24.7 Å². The van der Waals surface area contributed by atoms with Crippen molar-refractivity contribution in [2.45, 2.75) is 13.0 Å². The first-order valence-corrected chi connectivity index (χ1v) is 9.59. The molecule has 1 amide bonds. The van der Waals surface area contributed by atoms with E-state index in [2.05, 4.69) is 20.4 Å². The normalized spacial score (nSPS) is 10.9. The molecule has 0 aliphatic heterocycles. The van der Waals surface area contributed by atoms with Crippen molar-refractivity contribution in [2.24, 2.45) is 0 Å². The molecule has 0 saturated heterocycles. The SMILES string of the molecule is O=C(NCCCn1ccnc1)c1nc(-c2cccs2)n(-c2cccc(F)c2)n1. The van der Waals surface area contributed by atoms with Crippen molar-refractivity contribution in [1.29, 1.82) is 0 Å². The topological polar surface area (TPSA) is 77.6 Å². The number of thiophene rings is 1. The first-order chi connectivity index (χ1) is 13.7. The zero-order chi connectivity index (χ0) is 19.3. The van der Waals surface area contributed by atoms with Gasteiger partial charge in [-0.2, -0.15) is 0 Å². The summed E-state index contributed by atoms with van der Waals surface area (Å²) < 4.78 is 17.1. The van der Waals surface area contributed by atoms with Gasteiger partial charge in [0, 0.05) is 25.5 Å². The molecule has 1 aromatic carbocycles. The van der Waals surface area contributed by atoms with Gasteiger partial charge in [0.05, 0.1) is 16.9 Å². The van der Waals surface area contributed by atoms with E-state index in [0.29, 0.717) is 18.1 Å². The quantitative estimate of drug-likeness (QED) is 0.487. The summed E-state index contributed by atoms with van der Waals surface area (Å²) in [5.41, 5.74) is 0.509. The number of amides is 1. The Kier molecular flexibility index (Phi) is 5.24. The van der Waals surface area contributed by atoms with Gasteiger partial charge in [-0.15, -0.1) is 16.4 Å². The third-order valence-electron chi connectivity index (χ3n) is 4.04. The molecule has 0 aliphatic carbocycles. The number of hydrogen-bond donors (Lipinski definition) is 1. The van der Waals surface area contributed by atoms with Gasteiger partial charge in [0.1, 0.15) is 5.82 Å². The molecule has 0 atom stereocenters. The van der Waals surface area contributed by atoms with Crippen LogP contribution in [-0.4, -0.2) is 36.8 Å². The second kappa shape index (κ2) is 8.13. The van der Waals surface area contributed by atoms with Crippen LogP contribution in [0.4, 0.5) is 4.39 Å². The molecule has 9 heteroatoms. The molecule has 0 spiro atoms. The molecule has 0 fully saturated rings. The smallest absolute Gasteiger partial charge is 0.290 e. The van der Waals surface area contributed by atoms with E-state index < -0.39 is 0 Å². The molecule has 0 bridgehead atoms. The summed E-state index contributed by atoms with van der Waals surface area (Å²) in [6.07, 6.45) is 6.08. The van der Waals surface area contributed by atoms with Crippen molar-refractivity contribution >= 4 is 17.2 Å². The third-order valence-corrected chi connectivity index (χ3v) is 4.91. The summed E-state index contributed by atoms with van der Waals surface area (Å²) in [4.78, 5) is 21.7. The zero-order valence-corrected chi connectivity index (χ0v) is 15.6. The maximum Gasteiger partial charge on any atom is 0.290 e. The number of halogens is 1. The highest BCUT2D eigenvalue weighted by atomic mass is 32.1. The van der Waals surface area contributed by atoms with Gasteiger partial charge in [0.15, 0.2) is 5.82 Å². The Morgan fingerprint density at radius 3 is 2.93 bits per heavy atom. The summed E-state index contributed by atoms with van der Waals surface area (Å²) in [6, 6.07) is 9.82. The van der Waals surface area contributed by atoms with Crippen LogP contribution >= 0.6 is 11.3 Å². The van der Waals surface area contributed by atoms with Crippen LogP contribution < -0.4 is 5.32 Å². The van der Waals surface area contributed by atoms with E-state index in [1.165, 1.54) is 28.2 Å². The molecule has 28 heavy (non-hydrogen) atoms. The molecule has 4 rings (SSSR count). The lowest BCUT2D eigenvalue weighted by Gasteiger charge is -2.04. The second-order valence-electron chi connectivity index (χ2n) is 6.04. The molecule has 142 valence electrons. The van der Waals surface area contributed by atoms with Gasteiger partial charge in [-0.3, -0.25) is 4.79 Å². The predicted molar refractivity (Wildman–Crippen MR) is 104 cm³/mol.